The number of amides is 1. The van der Waals surface area contributed by atoms with Gasteiger partial charge in [-0.3, -0.25) is 14.2 Å². The number of hydrogen-bond acceptors (Lipinski definition) is 6. The van der Waals surface area contributed by atoms with E-state index >= 15 is 0 Å². The lowest BCUT2D eigenvalue weighted by atomic mass is 10.1. The van der Waals surface area contributed by atoms with Gasteiger partial charge in [-0.1, -0.05) is 42.1 Å². The maximum absolute atomic E-state index is 13.0. The fourth-order valence-corrected chi connectivity index (χ4v) is 4.17. The molecule has 0 aliphatic rings. The predicted octanol–water partition coefficient (Wildman–Crippen LogP) is 3.41. The summed E-state index contributed by atoms with van der Waals surface area (Å²) in [7, 11) is 3.24. The minimum atomic E-state index is -0.210. The van der Waals surface area contributed by atoms with Crippen LogP contribution in [0.1, 0.15) is 24.9 Å². The second-order valence-corrected chi connectivity index (χ2v) is 7.98. The molecule has 0 bridgehead atoms. The Kier molecular flexibility index (Phi) is 8.08. The maximum atomic E-state index is 13.0. The smallest absolute Gasteiger partial charge is 0.262 e. The number of benzene rings is 2. The van der Waals surface area contributed by atoms with E-state index in [1.165, 1.54) is 11.8 Å². The van der Waals surface area contributed by atoms with Crippen molar-refractivity contribution in [1.82, 2.24) is 14.9 Å². The first-order chi connectivity index (χ1) is 15.0. The molecule has 3 aromatic rings. The van der Waals surface area contributed by atoms with Crippen LogP contribution in [0.3, 0.4) is 0 Å². The van der Waals surface area contributed by atoms with Crippen LogP contribution in [0.15, 0.2) is 58.5 Å². The van der Waals surface area contributed by atoms with Crippen LogP contribution in [0.4, 0.5) is 0 Å². The van der Waals surface area contributed by atoms with Crippen LogP contribution in [0, 0.1) is 0 Å². The summed E-state index contributed by atoms with van der Waals surface area (Å²) in [6.45, 7) is 2.93. The summed E-state index contributed by atoms with van der Waals surface area (Å²) in [5.74, 6) is 0.731. The van der Waals surface area contributed by atoms with Gasteiger partial charge in [0.1, 0.15) is 5.75 Å². The van der Waals surface area contributed by atoms with Crippen LogP contribution in [0.5, 0.6) is 5.75 Å². The number of nitrogens with one attached hydrogen (secondary N) is 1. The fraction of sp³-hybridized carbons (Fsp3) is 0.348. The van der Waals surface area contributed by atoms with Crippen molar-refractivity contribution in [2.75, 3.05) is 26.6 Å². The molecule has 164 valence electrons. The number of nitrogens with zero attached hydrogens (tertiary/aromatic N) is 2. The van der Waals surface area contributed by atoms with E-state index in [1.54, 1.807) is 24.9 Å². The Balaban J connectivity index is 1.75. The molecule has 0 radical (unpaired) electrons. The average molecular weight is 442 g/mol. The molecular weight excluding hydrogens is 414 g/mol. The second kappa shape index (κ2) is 11.0. The van der Waals surface area contributed by atoms with E-state index in [1.807, 2.05) is 49.4 Å². The van der Waals surface area contributed by atoms with E-state index < -0.39 is 0 Å². The lowest BCUT2D eigenvalue weighted by molar-refractivity contribution is -0.119. The first-order valence-corrected chi connectivity index (χ1v) is 11.1. The van der Waals surface area contributed by atoms with Crippen molar-refractivity contribution in [3.8, 4) is 5.75 Å². The van der Waals surface area contributed by atoms with Crippen molar-refractivity contribution in [3.05, 3.63) is 64.4 Å². The molecule has 2 aromatic carbocycles. The number of thioether (sulfide) groups is 1. The predicted molar refractivity (Wildman–Crippen MR) is 123 cm³/mol. The number of methoxy groups -OCH3 is 2. The number of hydrogen-bond donors (Lipinski definition) is 1. The van der Waals surface area contributed by atoms with Crippen molar-refractivity contribution < 1.29 is 14.3 Å². The van der Waals surface area contributed by atoms with Gasteiger partial charge in [-0.25, -0.2) is 4.98 Å². The SMILES string of the molecule is COCCCn1c(SCC(=O)NC(C)c2ccccc2OC)nc2ccccc2c1=O. The fourth-order valence-electron chi connectivity index (χ4n) is 3.34. The van der Waals surface area contributed by atoms with Gasteiger partial charge in [0.25, 0.3) is 5.56 Å². The zero-order valence-electron chi connectivity index (χ0n) is 18.0. The standard InChI is InChI=1S/C23H27N3O4S/c1-16(17-9-5-7-12-20(17)30-3)24-21(27)15-31-23-25-19-11-6-4-10-18(19)22(28)26(23)13-8-14-29-2/h4-7,9-12,16H,8,13-15H2,1-3H3,(H,24,27). The first-order valence-electron chi connectivity index (χ1n) is 10.1. The Bertz CT molecular complexity index is 1100. The molecule has 1 amide bonds. The lowest BCUT2D eigenvalue weighted by Crippen LogP contribution is -2.29. The van der Waals surface area contributed by atoms with Crippen molar-refractivity contribution in [3.63, 3.8) is 0 Å². The molecule has 0 saturated carbocycles. The molecule has 1 aromatic heterocycles. The largest absolute Gasteiger partial charge is 0.496 e. The normalized spacial score (nSPS) is 12.0. The van der Waals surface area contributed by atoms with Crippen molar-refractivity contribution >= 4 is 28.6 Å². The highest BCUT2D eigenvalue weighted by Crippen LogP contribution is 2.25. The van der Waals surface area contributed by atoms with Gasteiger partial charge in [-0.2, -0.15) is 0 Å². The number of carbonyl (C=O) groups is 1. The Labute approximate surface area is 185 Å². The first kappa shape index (κ1) is 22.8. The molecule has 3 rings (SSSR count). The van der Waals surface area contributed by atoms with Crippen LogP contribution in [0.25, 0.3) is 10.9 Å². The Hall–Kier alpha value is -2.84. The van der Waals surface area contributed by atoms with Gasteiger partial charge in [0.2, 0.25) is 5.91 Å². The van der Waals surface area contributed by atoms with Crippen LogP contribution in [0.2, 0.25) is 0 Å². The number of rotatable bonds is 10. The highest BCUT2D eigenvalue weighted by molar-refractivity contribution is 7.99. The molecule has 1 atom stereocenters. The third-order valence-corrected chi connectivity index (χ3v) is 5.85. The molecule has 0 aliphatic carbocycles. The van der Waals surface area contributed by atoms with Gasteiger partial charge in [-0.15, -0.1) is 0 Å². The van der Waals surface area contributed by atoms with Gasteiger partial charge in [0, 0.05) is 25.8 Å². The van der Waals surface area contributed by atoms with Crippen LogP contribution in [-0.2, 0) is 16.1 Å². The van der Waals surface area contributed by atoms with Gasteiger partial charge in [-0.05, 0) is 31.5 Å². The minimum Gasteiger partial charge on any atom is -0.496 e. The van der Waals surface area contributed by atoms with Gasteiger partial charge >= 0.3 is 0 Å². The molecular formula is C23H27N3O4S. The Morgan fingerprint density at radius 3 is 2.68 bits per heavy atom. The number of para-hydroxylation sites is 2. The molecule has 0 spiro atoms. The van der Waals surface area contributed by atoms with E-state index in [0.717, 1.165) is 11.3 Å². The second-order valence-electron chi connectivity index (χ2n) is 7.03. The summed E-state index contributed by atoms with van der Waals surface area (Å²) < 4.78 is 12.1. The van der Waals surface area contributed by atoms with Gasteiger partial charge in [0.05, 0.1) is 29.8 Å². The lowest BCUT2D eigenvalue weighted by Gasteiger charge is -2.17. The molecule has 8 heteroatoms. The highest BCUT2D eigenvalue weighted by Gasteiger charge is 2.16. The summed E-state index contributed by atoms with van der Waals surface area (Å²) in [6, 6.07) is 14.6. The summed E-state index contributed by atoms with van der Waals surface area (Å²) in [5, 5.41) is 4.09. The topological polar surface area (TPSA) is 82.4 Å². The van der Waals surface area contributed by atoms with Crippen molar-refractivity contribution in [2.24, 2.45) is 0 Å². The summed E-state index contributed by atoms with van der Waals surface area (Å²) in [4.78, 5) is 30.2. The van der Waals surface area contributed by atoms with E-state index in [2.05, 4.69) is 10.3 Å². The molecule has 1 heterocycles. The van der Waals surface area contributed by atoms with Crippen LogP contribution >= 0.6 is 11.8 Å². The average Bonchev–Trinajstić information content (AvgIpc) is 2.79. The number of carbonyl (C=O) groups excluding carboxylic acids is 1. The summed E-state index contributed by atoms with van der Waals surface area (Å²) >= 11 is 1.26. The Morgan fingerprint density at radius 2 is 1.90 bits per heavy atom. The van der Waals surface area contributed by atoms with Crippen LogP contribution in [-0.4, -0.2) is 42.0 Å². The third-order valence-electron chi connectivity index (χ3n) is 4.87. The van der Waals surface area contributed by atoms with E-state index in [-0.39, 0.29) is 23.3 Å². The van der Waals surface area contributed by atoms with Crippen molar-refractivity contribution in [2.45, 2.75) is 31.1 Å². The van der Waals surface area contributed by atoms with Gasteiger partial charge < -0.3 is 14.8 Å². The molecule has 0 saturated heterocycles. The Morgan fingerprint density at radius 1 is 1.16 bits per heavy atom. The molecule has 1 unspecified atom stereocenters. The van der Waals surface area contributed by atoms with Crippen molar-refractivity contribution in [1.29, 1.82) is 0 Å². The molecule has 31 heavy (non-hydrogen) atoms. The van der Waals surface area contributed by atoms with Gasteiger partial charge in [0.15, 0.2) is 5.16 Å². The zero-order chi connectivity index (χ0) is 22.2. The zero-order valence-corrected chi connectivity index (χ0v) is 18.8. The number of fused-ring (bicyclic) bond motifs is 1. The maximum Gasteiger partial charge on any atom is 0.262 e. The monoisotopic (exact) mass is 441 g/mol. The summed E-state index contributed by atoms with van der Waals surface area (Å²) in [5.41, 5.74) is 1.43. The summed E-state index contributed by atoms with van der Waals surface area (Å²) in [6.07, 6.45) is 0.682. The highest BCUT2D eigenvalue weighted by atomic mass is 32.2. The number of aromatic nitrogens is 2. The quantitative estimate of drug-likeness (QED) is 0.295. The van der Waals surface area contributed by atoms with E-state index in [4.69, 9.17) is 9.47 Å². The molecule has 0 aliphatic heterocycles. The van der Waals surface area contributed by atoms with Crippen LogP contribution < -0.4 is 15.6 Å². The minimum absolute atomic E-state index is 0.105. The third kappa shape index (κ3) is 5.65. The van der Waals surface area contributed by atoms with E-state index in [0.29, 0.717) is 35.6 Å². The van der Waals surface area contributed by atoms with E-state index in [9.17, 15) is 9.59 Å². The molecule has 0 fully saturated rings. The number of ether oxygens (including phenoxy) is 2. The molecule has 7 nitrogen and oxygen atoms in total. The molecule has 1 N–H and O–H groups in total.